The third kappa shape index (κ3) is 2.62. The van der Waals surface area contributed by atoms with E-state index in [4.69, 9.17) is 0 Å². The Morgan fingerprint density at radius 2 is 1.96 bits per heavy atom. The number of β-amino-alcohol motifs (C(OH)–C–C–N with tert-alkyl or cyclic N) is 1. The Hall–Kier alpha value is -1.96. The molecule has 0 radical (unpaired) electrons. The Balaban J connectivity index is 1.60. The highest BCUT2D eigenvalue weighted by Gasteiger charge is 2.71. The Labute approximate surface area is 153 Å². The molecule has 138 valence electrons. The van der Waals surface area contributed by atoms with Crippen molar-refractivity contribution in [3.05, 3.63) is 54.2 Å². The van der Waals surface area contributed by atoms with Crippen molar-refractivity contribution in [2.45, 2.75) is 16.9 Å². The van der Waals surface area contributed by atoms with Gasteiger partial charge in [-0.3, -0.25) is 0 Å². The van der Waals surface area contributed by atoms with Crippen molar-refractivity contribution in [1.29, 1.82) is 0 Å². The molecule has 1 aliphatic carbocycles. The molecule has 26 heavy (non-hydrogen) atoms. The van der Waals surface area contributed by atoms with Crippen LogP contribution in [0.4, 0.5) is 5.82 Å². The Kier molecular flexibility index (Phi) is 4.06. The molecule has 4 rings (SSSR count). The predicted molar refractivity (Wildman–Crippen MR) is 97.8 cm³/mol. The number of nitrogens with zero attached hydrogens (tertiary/aromatic N) is 2. The van der Waals surface area contributed by atoms with Gasteiger partial charge in [0.2, 0.25) is 0 Å². The van der Waals surface area contributed by atoms with Crippen molar-refractivity contribution in [2.75, 3.05) is 30.9 Å². The molecule has 2 heterocycles. The molecular formula is C19H22N2O4S. The molecule has 2 aliphatic rings. The SMILES string of the molecule is CS(=O)(=O)c1ccc(N2C[C@@H](O)[C@@]3(C2)[C@H](CO)[C@H]3c2ccccc2)nc1. The maximum Gasteiger partial charge on any atom is 0.177 e. The molecule has 1 spiro atoms. The molecule has 6 nitrogen and oxygen atoms in total. The smallest absolute Gasteiger partial charge is 0.177 e. The quantitative estimate of drug-likeness (QED) is 0.832. The van der Waals surface area contributed by atoms with Crippen LogP contribution in [0.1, 0.15) is 11.5 Å². The lowest BCUT2D eigenvalue weighted by molar-refractivity contribution is 0.113. The molecule has 4 atom stereocenters. The van der Waals surface area contributed by atoms with Crippen molar-refractivity contribution < 1.29 is 18.6 Å². The maximum atomic E-state index is 11.6. The normalized spacial score (nSPS) is 30.7. The number of hydrogen-bond donors (Lipinski definition) is 2. The third-order valence-electron chi connectivity index (χ3n) is 5.87. The topological polar surface area (TPSA) is 90.7 Å². The summed E-state index contributed by atoms with van der Waals surface area (Å²) in [4.78, 5) is 6.43. The van der Waals surface area contributed by atoms with Gasteiger partial charge in [0, 0.05) is 37.6 Å². The number of pyridine rings is 1. The number of anilines is 1. The molecule has 0 unspecified atom stereocenters. The second kappa shape index (κ2) is 6.04. The Bertz CT molecular complexity index is 901. The van der Waals surface area contributed by atoms with Gasteiger partial charge >= 0.3 is 0 Å². The van der Waals surface area contributed by atoms with Gasteiger partial charge in [-0.05, 0) is 29.5 Å². The zero-order valence-corrected chi connectivity index (χ0v) is 15.3. The molecule has 1 aromatic heterocycles. The highest BCUT2D eigenvalue weighted by Crippen LogP contribution is 2.68. The lowest BCUT2D eigenvalue weighted by Gasteiger charge is -2.17. The predicted octanol–water partition coefficient (Wildman–Crippen LogP) is 1.06. The van der Waals surface area contributed by atoms with Gasteiger partial charge in [-0.2, -0.15) is 0 Å². The summed E-state index contributed by atoms with van der Waals surface area (Å²) >= 11 is 0. The van der Waals surface area contributed by atoms with Gasteiger partial charge in [0.15, 0.2) is 9.84 Å². The van der Waals surface area contributed by atoms with Gasteiger partial charge in [-0.15, -0.1) is 0 Å². The van der Waals surface area contributed by atoms with E-state index in [0.29, 0.717) is 18.9 Å². The fourth-order valence-corrected chi connectivity index (χ4v) is 5.08. The molecule has 0 amide bonds. The van der Waals surface area contributed by atoms with Crippen LogP contribution in [0, 0.1) is 11.3 Å². The van der Waals surface area contributed by atoms with Crippen molar-refractivity contribution in [3.8, 4) is 0 Å². The first-order valence-electron chi connectivity index (χ1n) is 8.63. The fraction of sp³-hybridized carbons (Fsp3) is 0.421. The molecule has 2 fully saturated rings. The van der Waals surface area contributed by atoms with Crippen LogP contribution in [0.25, 0.3) is 0 Å². The van der Waals surface area contributed by atoms with E-state index in [-0.39, 0.29) is 28.8 Å². The largest absolute Gasteiger partial charge is 0.396 e. The number of aromatic nitrogens is 1. The minimum atomic E-state index is -3.29. The Morgan fingerprint density at radius 3 is 2.54 bits per heavy atom. The average molecular weight is 374 g/mol. The zero-order valence-electron chi connectivity index (χ0n) is 14.5. The van der Waals surface area contributed by atoms with Crippen LogP contribution >= 0.6 is 0 Å². The summed E-state index contributed by atoms with van der Waals surface area (Å²) in [5.41, 5.74) is 0.751. The van der Waals surface area contributed by atoms with Crippen molar-refractivity contribution in [3.63, 3.8) is 0 Å². The molecule has 1 aliphatic heterocycles. The van der Waals surface area contributed by atoms with Crippen molar-refractivity contribution in [2.24, 2.45) is 11.3 Å². The number of aliphatic hydroxyl groups excluding tert-OH is 2. The van der Waals surface area contributed by atoms with Gasteiger partial charge in [-0.1, -0.05) is 30.3 Å². The second-order valence-corrected chi connectivity index (χ2v) is 9.33. The lowest BCUT2D eigenvalue weighted by Crippen LogP contribution is -2.23. The number of benzene rings is 1. The van der Waals surface area contributed by atoms with Gasteiger partial charge in [0.05, 0.1) is 11.0 Å². The number of rotatable bonds is 4. The standard InChI is InChI=1S/C19H22N2O4S/c1-26(24,25)14-7-8-17(20-9-14)21-10-16(23)19(12-21)15(11-22)18(19)13-5-3-2-4-6-13/h2-9,15-16,18,22-23H,10-12H2,1H3/t15-,16-,18-,19-/m1/s1. The second-order valence-electron chi connectivity index (χ2n) is 7.31. The van der Waals surface area contributed by atoms with Crippen LogP contribution in [-0.4, -0.2) is 55.7 Å². The minimum absolute atomic E-state index is 0.0141. The van der Waals surface area contributed by atoms with Crippen LogP contribution in [0.2, 0.25) is 0 Å². The molecule has 1 saturated heterocycles. The summed E-state index contributed by atoms with van der Waals surface area (Å²) in [6, 6.07) is 13.2. The highest BCUT2D eigenvalue weighted by atomic mass is 32.2. The monoisotopic (exact) mass is 374 g/mol. The van der Waals surface area contributed by atoms with Crippen LogP contribution in [-0.2, 0) is 9.84 Å². The molecule has 1 aromatic carbocycles. The van der Waals surface area contributed by atoms with Crippen LogP contribution < -0.4 is 4.90 Å². The molecule has 2 N–H and O–H groups in total. The first-order chi connectivity index (χ1) is 12.4. The lowest BCUT2D eigenvalue weighted by atomic mass is 9.95. The molecule has 1 saturated carbocycles. The highest BCUT2D eigenvalue weighted by molar-refractivity contribution is 7.90. The average Bonchev–Trinajstić information content (AvgIpc) is 3.16. The maximum absolute atomic E-state index is 11.6. The van der Waals surface area contributed by atoms with E-state index in [1.807, 2.05) is 35.2 Å². The number of aliphatic hydroxyl groups is 2. The summed E-state index contributed by atoms with van der Waals surface area (Å²) in [5, 5.41) is 20.6. The molecule has 2 aromatic rings. The zero-order chi connectivity index (χ0) is 18.5. The summed E-state index contributed by atoms with van der Waals surface area (Å²) < 4.78 is 23.2. The molecule has 7 heteroatoms. The summed E-state index contributed by atoms with van der Waals surface area (Å²) in [6.45, 7) is 1.04. The molecule has 0 bridgehead atoms. The van der Waals surface area contributed by atoms with Crippen LogP contribution in [0.15, 0.2) is 53.6 Å². The van der Waals surface area contributed by atoms with Crippen molar-refractivity contribution >= 4 is 15.7 Å². The van der Waals surface area contributed by atoms with Gasteiger partial charge < -0.3 is 15.1 Å². The first-order valence-corrected chi connectivity index (χ1v) is 10.5. The first kappa shape index (κ1) is 17.5. The van der Waals surface area contributed by atoms with E-state index in [1.54, 1.807) is 12.1 Å². The summed E-state index contributed by atoms with van der Waals surface area (Å²) in [7, 11) is -3.29. The van der Waals surface area contributed by atoms with Crippen molar-refractivity contribution in [1.82, 2.24) is 4.98 Å². The van der Waals surface area contributed by atoms with Gasteiger partial charge in [0.25, 0.3) is 0 Å². The van der Waals surface area contributed by atoms with Crippen LogP contribution in [0.5, 0.6) is 0 Å². The van der Waals surface area contributed by atoms with E-state index < -0.39 is 15.9 Å². The van der Waals surface area contributed by atoms with E-state index >= 15 is 0 Å². The van der Waals surface area contributed by atoms with E-state index in [9.17, 15) is 18.6 Å². The number of sulfone groups is 1. The number of hydrogen-bond acceptors (Lipinski definition) is 6. The Morgan fingerprint density at radius 1 is 1.23 bits per heavy atom. The third-order valence-corrected chi connectivity index (χ3v) is 6.97. The van der Waals surface area contributed by atoms with E-state index in [1.165, 1.54) is 6.20 Å². The summed E-state index contributed by atoms with van der Waals surface area (Å²) in [6.07, 6.45) is 1.94. The molecular weight excluding hydrogens is 352 g/mol. The van der Waals surface area contributed by atoms with Gasteiger partial charge in [-0.25, -0.2) is 13.4 Å². The van der Waals surface area contributed by atoms with E-state index in [2.05, 4.69) is 4.98 Å². The minimum Gasteiger partial charge on any atom is -0.396 e. The summed E-state index contributed by atoms with van der Waals surface area (Å²) in [5.74, 6) is 0.771. The van der Waals surface area contributed by atoms with E-state index in [0.717, 1.165) is 11.8 Å². The van der Waals surface area contributed by atoms with Gasteiger partial charge in [0.1, 0.15) is 5.82 Å². The van der Waals surface area contributed by atoms with Crippen LogP contribution in [0.3, 0.4) is 0 Å². The fourth-order valence-electron chi connectivity index (χ4n) is 4.52.